The van der Waals surface area contributed by atoms with Gasteiger partial charge >= 0.3 is 0 Å². The lowest BCUT2D eigenvalue weighted by Crippen LogP contribution is -2.26. The fourth-order valence-electron chi connectivity index (χ4n) is 4.00. The van der Waals surface area contributed by atoms with Crippen LogP contribution in [-0.4, -0.2) is 23.2 Å². The van der Waals surface area contributed by atoms with E-state index in [4.69, 9.17) is 4.74 Å². The summed E-state index contributed by atoms with van der Waals surface area (Å²) in [5, 5.41) is 6.34. The standard InChI is InChI=1S/C27H36N2O2/c1-3-5-6-7-8-9-13-20-31-24-18-16-23(17-19-24)26-21-25(22-14-11-10-12-15-22)28-29(26)27(30)4-2/h10-12,14-19,26H,3-9,13,20-21H2,1-2H3. The van der Waals surface area contributed by atoms with Gasteiger partial charge in [0.05, 0.1) is 18.4 Å². The van der Waals surface area contributed by atoms with Gasteiger partial charge in [-0.15, -0.1) is 0 Å². The molecule has 0 aromatic heterocycles. The van der Waals surface area contributed by atoms with E-state index in [1.165, 1.54) is 38.5 Å². The summed E-state index contributed by atoms with van der Waals surface area (Å²) in [5.41, 5.74) is 3.14. The average molecular weight is 421 g/mol. The van der Waals surface area contributed by atoms with Crippen molar-refractivity contribution in [1.82, 2.24) is 5.01 Å². The van der Waals surface area contributed by atoms with Crippen LogP contribution in [-0.2, 0) is 4.79 Å². The summed E-state index contributed by atoms with van der Waals surface area (Å²) in [5.74, 6) is 0.945. The van der Waals surface area contributed by atoms with Gasteiger partial charge in [0.1, 0.15) is 5.75 Å². The van der Waals surface area contributed by atoms with Crippen LogP contribution in [0, 0.1) is 0 Å². The van der Waals surface area contributed by atoms with Gasteiger partial charge < -0.3 is 4.74 Å². The van der Waals surface area contributed by atoms with E-state index in [0.717, 1.165) is 42.0 Å². The maximum absolute atomic E-state index is 12.5. The molecular formula is C27H36N2O2. The van der Waals surface area contributed by atoms with E-state index in [2.05, 4.69) is 36.3 Å². The van der Waals surface area contributed by atoms with E-state index in [1.807, 2.05) is 37.3 Å². The molecule has 0 saturated heterocycles. The number of benzene rings is 2. The Kier molecular flexibility index (Phi) is 9.14. The molecule has 1 amide bonds. The topological polar surface area (TPSA) is 41.9 Å². The number of nitrogens with zero attached hydrogens (tertiary/aromatic N) is 2. The predicted molar refractivity (Wildman–Crippen MR) is 127 cm³/mol. The molecule has 0 bridgehead atoms. The number of carbonyl (C=O) groups excluding carboxylic acids is 1. The number of ether oxygens (including phenoxy) is 1. The third-order valence-electron chi connectivity index (χ3n) is 5.86. The molecule has 4 nitrogen and oxygen atoms in total. The molecule has 0 saturated carbocycles. The van der Waals surface area contributed by atoms with E-state index in [9.17, 15) is 4.79 Å². The molecule has 0 spiro atoms. The van der Waals surface area contributed by atoms with Crippen LogP contribution in [0.3, 0.4) is 0 Å². The zero-order valence-electron chi connectivity index (χ0n) is 19.1. The molecule has 166 valence electrons. The SMILES string of the molecule is CCCCCCCCCOc1ccc(C2CC(c3ccccc3)=NN2C(=O)CC)cc1. The number of hydrogen-bond donors (Lipinski definition) is 0. The first-order chi connectivity index (χ1) is 15.2. The Labute approximate surface area is 187 Å². The minimum absolute atomic E-state index is 0.0511. The zero-order valence-corrected chi connectivity index (χ0v) is 19.1. The normalized spacial score (nSPS) is 15.7. The highest BCUT2D eigenvalue weighted by atomic mass is 16.5. The van der Waals surface area contributed by atoms with Crippen LogP contribution in [0.2, 0.25) is 0 Å². The van der Waals surface area contributed by atoms with Crippen LogP contribution in [0.15, 0.2) is 59.7 Å². The summed E-state index contributed by atoms with van der Waals surface area (Å²) in [6.45, 7) is 4.90. The highest BCUT2D eigenvalue weighted by Crippen LogP contribution is 2.34. The minimum Gasteiger partial charge on any atom is -0.494 e. The number of rotatable bonds is 12. The molecule has 0 N–H and O–H groups in total. The summed E-state index contributed by atoms with van der Waals surface area (Å²) in [6.07, 6.45) is 10.1. The van der Waals surface area contributed by atoms with Gasteiger partial charge in [0.25, 0.3) is 0 Å². The van der Waals surface area contributed by atoms with Crippen molar-refractivity contribution in [2.45, 2.75) is 77.7 Å². The molecule has 1 unspecified atom stereocenters. The van der Waals surface area contributed by atoms with Crippen molar-refractivity contribution in [3.8, 4) is 5.75 Å². The first-order valence-corrected chi connectivity index (χ1v) is 11.9. The monoisotopic (exact) mass is 420 g/mol. The van der Waals surface area contributed by atoms with Crippen LogP contribution < -0.4 is 4.74 Å². The molecule has 0 fully saturated rings. The van der Waals surface area contributed by atoms with Crippen LogP contribution in [0.25, 0.3) is 0 Å². The molecule has 1 atom stereocenters. The summed E-state index contributed by atoms with van der Waals surface area (Å²) in [4.78, 5) is 12.5. The highest BCUT2D eigenvalue weighted by Gasteiger charge is 2.32. The van der Waals surface area contributed by atoms with Gasteiger partial charge in [-0.05, 0) is 29.7 Å². The predicted octanol–water partition coefficient (Wildman–Crippen LogP) is 6.90. The van der Waals surface area contributed by atoms with Crippen molar-refractivity contribution in [1.29, 1.82) is 0 Å². The summed E-state index contributed by atoms with van der Waals surface area (Å²) in [7, 11) is 0. The molecule has 1 heterocycles. The quantitative estimate of drug-likeness (QED) is 0.350. The lowest BCUT2D eigenvalue weighted by atomic mass is 9.98. The lowest BCUT2D eigenvalue weighted by Gasteiger charge is -2.21. The van der Waals surface area contributed by atoms with Gasteiger partial charge in [-0.2, -0.15) is 5.10 Å². The smallest absolute Gasteiger partial charge is 0.242 e. The molecule has 31 heavy (non-hydrogen) atoms. The third kappa shape index (κ3) is 6.68. The maximum atomic E-state index is 12.5. The van der Waals surface area contributed by atoms with Crippen LogP contribution in [0.5, 0.6) is 5.75 Å². The molecule has 4 heteroatoms. The number of amides is 1. The second-order valence-electron chi connectivity index (χ2n) is 8.26. The number of hydrazone groups is 1. The fraction of sp³-hybridized carbons (Fsp3) is 0.481. The number of carbonyl (C=O) groups is 1. The van der Waals surface area contributed by atoms with Crippen LogP contribution in [0.4, 0.5) is 0 Å². The van der Waals surface area contributed by atoms with E-state index in [1.54, 1.807) is 5.01 Å². The van der Waals surface area contributed by atoms with Gasteiger partial charge in [0.15, 0.2) is 0 Å². The molecule has 0 aliphatic carbocycles. The van der Waals surface area contributed by atoms with Crippen molar-refractivity contribution >= 4 is 11.6 Å². The van der Waals surface area contributed by atoms with E-state index < -0.39 is 0 Å². The summed E-state index contributed by atoms with van der Waals surface area (Å²) in [6, 6.07) is 18.2. The molecule has 1 aliphatic rings. The van der Waals surface area contributed by atoms with Gasteiger partial charge in [-0.25, -0.2) is 5.01 Å². The van der Waals surface area contributed by atoms with Crippen molar-refractivity contribution < 1.29 is 9.53 Å². The van der Waals surface area contributed by atoms with Crippen molar-refractivity contribution in [3.63, 3.8) is 0 Å². The maximum Gasteiger partial charge on any atom is 0.242 e. The van der Waals surface area contributed by atoms with Crippen molar-refractivity contribution in [2.24, 2.45) is 5.10 Å². The Morgan fingerprint density at radius 3 is 2.29 bits per heavy atom. The van der Waals surface area contributed by atoms with Crippen LogP contribution in [0.1, 0.15) is 88.8 Å². The number of hydrogen-bond acceptors (Lipinski definition) is 3. The first kappa shape index (κ1) is 23.1. The van der Waals surface area contributed by atoms with Crippen molar-refractivity contribution in [2.75, 3.05) is 6.61 Å². The van der Waals surface area contributed by atoms with Gasteiger partial charge in [0, 0.05) is 12.8 Å². The van der Waals surface area contributed by atoms with E-state index >= 15 is 0 Å². The molecular weight excluding hydrogens is 384 g/mol. The first-order valence-electron chi connectivity index (χ1n) is 11.9. The summed E-state index contributed by atoms with van der Waals surface area (Å²) < 4.78 is 5.93. The highest BCUT2D eigenvalue weighted by molar-refractivity contribution is 6.03. The molecule has 2 aromatic carbocycles. The molecule has 3 rings (SSSR count). The second-order valence-corrected chi connectivity index (χ2v) is 8.26. The molecule has 2 aromatic rings. The number of unbranched alkanes of at least 4 members (excludes halogenated alkanes) is 6. The van der Waals surface area contributed by atoms with Gasteiger partial charge in [-0.3, -0.25) is 4.79 Å². The van der Waals surface area contributed by atoms with Crippen LogP contribution >= 0.6 is 0 Å². The molecule has 1 aliphatic heterocycles. The third-order valence-corrected chi connectivity index (χ3v) is 5.86. The van der Waals surface area contributed by atoms with Crippen molar-refractivity contribution in [3.05, 3.63) is 65.7 Å². The Bertz CT molecular complexity index is 830. The Balaban J connectivity index is 1.54. The fourth-order valence-corrected chi connectivity index (χ4v) is 4.00. The Morgan fingerprint density at radius 2 is 1.61 bits per heavy atom. The lowest BCUT2D eigenvalue weighted by molar-refractivity contribution is -0.132. The van der Waals surface area contributed by atoms with E-state index in [-0.39, 0.29) is 11.9 Å². The van der Waals surface area contributed by atoms with Gasteiger partial charge in [0.2, 0.25) is 5.91 Å². The minimum atomic E-state index is -0.0557. The largest absolute Gasteiger partial charge is 0.494 e. The molecule has 0 radical (unpaired) electrons. The van der Waals surface area contributed by atoms with Gasteiger partial charge in [-0.1, -0.05) is 94.8 Å². The average Bonchev–Trinajstić information content (AvgIpc) is 3.27. The Hall–Kier alpha value is -2.62. The van der Waals surface area contributed by atoms with E-state index in [0.29, 0.717) is 6.42 Å². The summed E-state index contributed by atoms with van der Waals surface area (Å²) >= 11 is 0. The zero-order chi connectivity index (χ0) is 21.9. The second kappa shape index (κ2) is 12.3. The Morgan fingerprint density at radius 1 is 0.935 bits per heavy atom.